The van der Waals surface area contributed by atoms with Crippen molar-refractivity contribution in [2.24, 2.45) is 0 Å². The number of carbonyl (C=O) groups is 1. The predicted octanol–water partition coefficient (Wildman–Crippen LogP) is 0.495. The van der Waals surface area contributed by atoms with E-state index in [0.29, 0.717) is 25.2 Å². The summed E-state index contributed by atoms with van der Waals surface area (Å²) < 4.78 is 26.9. The summed E-state index contributed by atoms with van der Waals surface area (Å²) in [6, 6.07) is 8.85. The quantitative estimate of drug-likeness (QED) is 0.849. The second-order valence-corrected chi connectivity index (χ2v) is 5.79. The summed E-state index contributed by atoms with van der Waals surface area (Å²) in [6.45, 7) is 2.00. The van der Waals surface area contributed by atoms with Crippen LogP contribution in [0.1, 0.15) is 13.3 Å². The maximum Gasteiger partial charge on any atom is 0.321 e. The third-order valence-electron chi connectivity index (χ3n) is 2.61. The van der Waals surface area contributed by atoms with Crippen LogP contribution in [-0.2, 0) is 15.0 Å². The summed E-state index contributed by atoms with van der Waals surface area (Å²) in [7, 11) is -3.68. The molecule has 0 radical (unpaired) electrons. The highest BCUT2D eigenvalue weighted by molar-refractivity contribution is 7.90. The molecule has 1 heterocycles. The molecule has 18 heavy (non-hydrogen) atoms. The average molecular weight is 269 g/mol. The zero-order valence-corrected chi connectivity index (χ0v) is 10.9. The van der Waals surface area contributed by atoms with Crippen LogP contribution in [0.3, 0.4) is 0 Å². The van der Waals surface area contributed by atoms with Crippen molar-refractivity contribution in [3.63, 3.8) is 0 Å². The number of hydrogen-bond acceptors (Lipinski definition) is 3. The lowest BCUT2D eigenvalue weighted by molar-refractivity contribution is -0.121. The summed E-state index contributed by atoms with van der Waals surface area (Å²) in [4.78, 5) is 11.0. The summed E-state index contributed by atoms with van der Waals surface area (Å²) in [5.74, 6) is -0.395. The smallest absolute Gasteiger partial charge is 0.274 e. The molecule has 1 saturated heterocycles. The summed E-state index contributed by atoms with van der Waals surface area (Å²) in [5.41, 5.74) is 2.94. The maximum atomic E-state index is 12.3. The number of hydrazine groups is 1. The van der Waals surface area contributed by atoms with Crippen LogP contribution in [0.4, 0.5) is 5.69 Å². The van der Waals surface area contributed by atoms with E-state index in [0.717, 1.165) is 4.41 Å². The van der Waals surface area contributed by atoms with Crippen molar-refractivity contribution in [2.45, 2.75) is 13.3 Å². The molecule has 1 aliphatic heterocycles. The van der Waals surface area contributed by atoms with E-state index in [4.69, 9.17) is 0 Å². The topological polar surface area (TPSA) is 69.7 Å². The molecule has 0 bridgehead atoms. The minimum Gasteiger partial charge on any atom is -0.274 e. The van der Waals surface area contributed by atoms with Crippen LogP contribution >= 0.6 is 0 Å². The SMILES string of the molecule is CC(=O)NN1CCCN(c2ccccc2)S1(=O)=O. The van der Waals surface area contributed by atoms with Crippen LogP contribution in [0.2, 0.25) is 0 Å². The van der Waals surface area contributed by atoms with Crippen LogP contribution in [0.15, 0.2) is 30.3 Å². The summed E-state index contributed by atoms with van der Waals surface area (Å²) in [5, 5.41) is 0. The highest BCUT2D eigenvalue weighted by Gasteiger charge is 2.34. The monoisotopic (exact) mass is 269 g/mol. The molecule has 2 rings (SSSR count). The van der Waals surface area contributed by atoms with Crippen LogP contribution in [0.25, 0.3) is 0 Å². The van der Waals surface area contributed by atoms with Gasteiger partial charge in [-0.1, -0.05) is 22.6 Å². The molecule has 6 nitrogen and oxygen atoms in total. The van der Waals surface area contributed by atoms with Crippen molar-refractivity contribution in [1.29, 1.82) is 0 Å². The van der Waals surface area contributed by atoms with Gasteiger partial charge in [0.05, 0.1) is 5.69 Å². The number of benzene rings is 1. The Morgan fingerprint density at radius 2 is 1.89 bits per heavy atom. The van der Waals surface area contributed by atoms with E-state index >= 15 is 0 Å². The van der Waals surface area contributed by atoms with Gasteiger partial charge in [0.25, 0.3) is 0 Å². The van der Waals surface area contributed by atoms with Crippen molar-refractivity contribution in [3.8, 4) is 0 Å². The standard InChI is InChI=1S/C11H15N3O3S/c1-10(15)12-14-9-5-8-13(18(14,16)17)11-6-3-2-4-7-11/h2-4,6-7H,5,8-9H2,1H3,(H,12,15). The Hall–Kier alpha value is -1.60. The minimum atomic E-state index is -3.68. The first-order chi connectivity index (χ1) is 8.51. The molecule has 1 N–H and O–H groups in total. The molecule has 1 aromatic carbocycles. The molecular weight excluding hydrogens is 254 g/mol. The largest absolute Gasteiger partial charge is 0.321 e. The van der Waals surface area contributed by atoms with Gasteiger partial charge in [-0.25, -0.2) is 0 Å². The Morgan fingerprint density at radius 1 is 1.22 bits per heavy atom. The van der Waals surface area contributed by atoms with E-state index in [2.05, 4.69) is 5.43 Å². The first-order valence-corrected chi connectivity index (χ1v) is 7.04. The van der Waals surface area contributed by atoms with Crippen LogP contribution in [0.5, 0.6) is 0 Å². The normalized spacial score (nSPS) is 19.5. The fourth-order valence-corrected chi connectivity index (χ4v) is 3.44. The Balaban J connectivity index is 2.30. The lowest BCUT2D eigenvalue weighted by atomic mass is 10.3. The average Bonchev–Trinajstić information content (AvgIpc) is 2.32. The maximum absolute atomic E-state index is 12.3. The molecule has 1 fully saturated rings. The molecule has 0 aliphatic carbocycles. The van der Waals surface area contributed by atoms with Crippen molar-refractivity contribution >= 4 is 21.8 Å². The molecule has 1 amide bonds. The van der Waals surface area contributed by atoms with Gasteiger partial charge in [0.15, 0.2) is 0 Å². The Kier molecular flexibility index (Phi) is 3.53. The molecule has 0 spiro atoms. The molecule has 7 heteroatoms. The Labute approximate surface area is 106 Å². The number of para-hydroxylation sites is 1. The third-order valence-corrected chi connectivity index (χ3v) is 4.39. The first-order valence-electron chi connectivity index (χ1n) is 5.64. The number of anilines is 1. The second-order valence-electron chi connectivity index (χ2n) is 4.01. The van der Waals surface area contributed by atoms with Crippen molar-refractivity contribution in [1.82, 2.24) is 9.84 Å². The van der Waals surface area contributed by atoms with Gasteiger partial charge in [-0.2, -0.15) is 8.42 Å². The van der Waals surface area contributed by atoms with Gasteiger partial charge < -0.3 is 0 Å². The van der Waals surface area contributed by atoms with E-state index in [1.165, 1.54) is 11.2 Å². The van der Waals surface area contributed by atoms with E-state index in [-0.39, 0.29) is 0 Å². The molecule has 0 unspecified atom stereocenters. The predicted molar refractivity (Wildman–Crippen MR) is 67.8 cm³/mol. The van der Waals surface area contributed by atoms with Crippen molar-refractivity contribution < 1.29 is 13.2 Å². The lowest BCUT2D eigenvalue weighted by Gasteiger charge is -2.35. The van der Waals surface area contributed by atoms with E-state index < -0.39 is 16.1 Å². The van der Waals surface area contributed by atoms with E-state index in [9.17, 15) is 13.2 Å². The van der Waals surface area contributed by atoms with E-state index in [1.807, 2.05) is 6.07 Å². The zero-order chi connectivity index (χ0) is 13.2. The van der Waals surface area contributed by atoms with Gasteiger partial charge in [0.2, 0.25) is 5.91 Å². The number of nitrogens with zero attached hydrogens (tertiary/aromatic N) is 2. The van der Waals surface area contributed by atoms with Crippen LogP contribution < -0.4 is 9.73 Å². The summed E-state index contributed by atoms with van der Waals surface area (Å²) >= 11 is 0. The molecule has 98 valence electrons. The molecule has 1 aliphatic rings. The molecule has 1 aromatic rings. The Bertz CT molecular complexity index is 530. The highest BCUT2D eigenvalue weighted by atomic mass is 32.2. The lowest BCUT2D eigenvalue weighted by Crippen LogP contribution is -2.56. The molecule has 0 saturated carbocycles. The minimum absolute atomic E-state index is 0.297. The van der Waals surface area contributed by atoms with Crippen molar-refractivity contribution in [3.05, 3.63) is 30.3 Å². The van der Waals surface area contributed by atoms with Crippen LogP contribution in [-0.4, -0.2) is 31.8 Å². The number of rotatable bonds is 2. The van der Waals surface area contributed by atoms with Crippen LogP contribution in [0, 0.1) is 0 Å². The van der Waals surface area contributed by atoms with E-state index in [1.54, 1.807) is 24.3 Å². The second kappa shape index (κ2) is 4.95. The van der Waals surface area contributed by atoms with Gasteiger partial charge in [0.1, 0.15) is 0 Å². The van der Waals surface area contributed by atoms with Gasteiger partial charge in [-0.05, 0) is 18.6 Å². The zero-order valence-electron chi connectivity index (χ0n) is 10.0. The number of hydrogen-bond donors (Lipinski definition) is 1. The molecule has 0 aromatic heterocycles. The first kappa shape index (κ1) is 12.8. The number of nitrogens with one attached hydrogen (secondary N) is 1. The van der Waals surface area contributed by atoms with Gasteiger partial charge in [-0.3, -0.25) is 14.5 Å². The summed E-state index contributed by atoms with van der Waals surface area (Å²) in [6.07, 6.45) is 0.661. The van der Waals surface area contributed by atoms with Crippen molar-refractivity contribution in [2.75, 3.05) is 17.4 Å². The number of carbonyl (C=O) groups excluding carboxylic acids is 1. The molecule has 0 atom stereocenters. The van der Waals surface area contributed by atoms with Gasteiger partial charge >= 0.3 is 10.2 Å². The third kappa shape index (κ3) is 2.46. The Morgan fingerprint density at radius 3 is 2.50 bits per heavy atom. The fraction of sp³-hybridized carbons (Fsp3) is 0.364. The highest BCUT2D eigenvalue weighted by Crippen LogP contribution is 2.22. The van der Waals surface area contributed by atoms with Gasteiger partial charge in [-0.15, -0.1) is 0 Å². The van der Waals surface area contributed by atoms with Gasteiger partial charge in [0, 0.05) is 20.0 Å². The molecular formula is C11H15N3O3S. The number of amides is 1. The fourth-order valence-electron chi connectivity index (χ4n) is 1.85.